The third-order valence-electron chi connectivity index (χ3n) is 4.92. The molecule has 0 bridgehead atoms. The Morgan fingerprint density at radius 3 is 2.48 bits per heavy atom. The topological polar surface area (TPSA) is 93.3 Å². The lowest BCUT2D eigenvalue weighted by atomic mass is 10.1. The van der Waals surface area contributed by atoms with Crippen LogP contribution in [0.25, 0.3) is 0 Å². The van der Waals surface area contributed by atoms with Gasteiger partial charge >= 0.3 is 5.69 Å². The summed E-state index contributed by atoms with van der Waals surface area (Å²) in [6, 6.07) is 12.3. The van der Waals surface area contributed by atoms with Gasteiger partial charge in [0, 0.05) is 19.0 Å². The van der Waals surface area contributed by atoms with Crippen LogP contribution in [0.15, 0.2) is 52.1 Å². The Morgan fingerprint density at radius 1 is 1.12 bits per heavy atom. The van der Waals surface area contributed by atoms with Gasteiger partial charge in [0.2, 0.25) is 5.91 Å². The minimum atomic E-state index is -0.705. The summed E-state index contributed by atoms with van der Waals surface area (Å²) in [6.07, 6.45) is 0.632. The summed E-state index contributed by atoms with van der Waals surface area (Å²) in [5, 5.41) is 12.0. The Hall–Kier alpha value is -3.47. The molecule has 0 atom stereocenters. The van der Waals surface area contributed by atoms with E-state index in [1.54, 1.807) is 6.07 Å². The molecule has 2 aromatic carbocycles. The highest BCUT2D eigenvalue weighted by atomic mass is 35.5. The maximum Gasteiger partial charge on any atom is 0.332 e. The first-order valence-corrected chi connectivity index (χ1v) is 10.7. The number of aromatic hydroxyl groups is 1. The molecule has 1 amide bonds. The smallest absolute Gasteiger partial charge is 0.332 e. The number of halogens is 2. The SMILES string of the molecule is Cc1ccc(CCC(=O)Nc2c(Cl)n(CC#Cc3ccc(O)c(Cl)c3)c(=O)n(C)c2=O)cc1. The molecular formula is C24H21Cl2N3O4. The fourth-order valence-electron chi connectivity index (χ4n) is 3.00. The maximum atomic E-state index is 12.6. The van der Waals surface area contributed by atoms with E-state index in [0.29, 0.717) is 12.0 Å². The zero-order valence-corrected chi connectivity index (χ0v) is 19.5. The number of carbonyl (C=O) groups is 1. The fraction of sp³-hybridized carbons (Fsp3) is 0.208. The van der Waals surface area contributed by atoms with Crippen molar-refractivity contribution < 1.29 is 9.90 Å². The Labute approximate surface area is 200 Å². The number of benzene rings is 2. The minimum absolute atomic E-state index is 0.0673. The van der Waals surface area contributed by atoms with Crippen molar-refractivity contribution in [1.82, 2.24) is 9.13 Å². The predicted octanol–water partition coefficient (Wildman–Crippen LogP) is 3.49. The number of amides is 1. The first-order chi connectivity index (χ1) is 15.7. The number of nitrogens with one attached hydrogen (secondary N) is 1. The lowest BCUT2D eigenvalue weighted by Crippen LogP contribution is -2.40. The van der Waals surface area contributed by atoms with E-state index in [2.05, 4.69) is 17.2 Å². The van der Waals surface area contributed by atoms with Gasteiger partial charge in [0.25, 0.3) is 5.56 Å². The molecule has 0 aliphatic rings. The van der Waals surface area contributed by atoms with Gasteiger partial charge in [-0.15, -0.1) is 0 Å². The molecule has 1 aromatic heterocycles. The van der Waals surface area contributed by atoms with Gasteiger partial charge in [-0.1, -0.05) is 64.9 Å². The van der Waals surface area contributed by atoms with Gasteiger partial charge in [-0.25, -0.2) is 4.79 Å². The van der Waals surface area contributed by atoms with E-state index in [4.69, 9.17) is 23.2 Å². The Morgan fingerprint density at radius 2 is 1.82 bits per heavy atom. The van der Waals surface area contributed by atoms with Gasteiger partial charge in [-0.3, -0.25) is 18.7 Å². The molecule has 3 rings (SSSR count). The summed E-state index contributed by atoms with van der Waals surface area (Å²) in [4.78, 5) is 37.5. The zero-order valence-electron chi connectivity index (χ0n) is 18.0. The molecule has 1 heterocycles. The van der Waals surface area contributed by atoms with Crippen LogP contribution in [0.3, 0.4) is 0 Å². The Kier molecular flexibility index (Phi) is 7.64. The summed E-state index contributed by atoms with van der Waals surface area (Å²) in [7, 11) is 1.30. The van der Waals surface area contributed by atoms with Crippen molar-refractivity contribution in [1.29, 1.82) is 0 Å². The summed E-state index contributed by atoms with van der Waals surface area (Å²) in [6.45, 7) is 1.85. The fourth-order valence-corrected chi connectivity index (χ4v) is 3.45. The van der Waals surface area contributed by atoms with Gasteiger partial charge in [-0.05, 0) is 37.1 Å². The van der Waals surface area contributed by atoms with Crippen LogP contribution in [0.5, 0.6) is 5.75 Å². The summed E-state index contributed by atoms with van der Waals surface area (Å²) in [5.74, 6) is 5.13. The molecule has 0 spiro atoms. The lowest BCUT2D eigenvalue weighted by molar-refractivity contribution is -0.116. The highest BCUT2D eigenvalue weighted by Gasteiger charge is 2.17. The van der Waals surface area contributed by atoms with Crippen LogP contribution in [0.1, 0.15) is 23.1 Å². The second-order valence-corrected chi connectivity index (χ2v) is 8.17. The quantitative estimate of drug-likeness (QED) is 0.427. The van der Waals surface area contributed by atoms with Crippen LogP contribution in [0, 0.1) is 18.8 Å². The number of carbonyl (C=O) groups excluding carboxylic acids is 1. The summed E-state index contributed by atoms with van der Waals surface area (Å²) < 4.78 is 1.95. The molecule has 0 unspecified atom stereocenters. The number of phenols is 1. The summed E-state index contributed by atoms with van der Waals surface area (Å²) >= 11 is 12.2. The van der Waals surface area contributed by atoms with Crippen LogP contribution < -0.4 is 16.6 Å². The van der Waals surface area contributed by atoms with Crippen LogP contribution in [-0.4, -0.2) is 20.1 Å². The van der Waals surface area contributed by atoms with Gasteiger partial charge in [-0.2, -0.15) is 0 Å². The van der Waals surface area contributed by atoms with Gasteiger partial charge in [0.1, 0.15) is 16.6 Å². The average Bonchev–Trinajstić information content (AvgIpc) is 2.79. The standard InChI is InChI=1S/C24H21Cl2N3O4/c1-15-5-7-16(8-6-15)10-12-20(31)27-21-22(26)29(24(33)28(2)23(21)32)13-3-4-17-9-11-19(30)18(25)14-17/h5-9,11,14,30H,10,12-13H2,1-2H3,(H,27,31). The number of rotatable bonds is 5. The van der Waals surface area contributed by atoms with Crippen LogP contribution in [-0.2, 0) is 24.8 Å². The van der Waals surface area contributed by atoms with Crippen molar-refractivity contribution in [2.45, 2.75) is 26.3 Å². The normalized spacial score (nSPS) is 10.4. The van der Waals surface area contributed by atoms with Crippen molar-refractivity contribution in [2.24, 2.45) is 7.05 Å². The van der Waals surface area contributed by atoms with Gasteiger partial charge in [0.05, 0.1) is 11.6 Å². The van der Waals surface area contributed by atoms with E-state index in [9.17, 15) is 19.5 Å². The van der Waals surface area contributed by atoms with Gasteiger partial charge < -0.3 is 10.4 Å². The lowest BCUT2D eigenvalue weighted by Gasteiger charge is -2.13. The molecule has 170 valence electrons. The van der Waals surface area contributed by atoms with Crippen molar-refractivity contribution in [3.63, 3.8) is 0 Å². The van der Waals surface area contributed by atoms with Crippen LogP contribution in [0.2, 0.25) is 10.2 Å². The highest BCUT2D eigenvalue weighted by molar-refractivity contribution is 6.32. The second kappa shape index (κ2) is 10.4. The maximum absolute atomic E-state index is 12.6. The molecule has 2 N–H and O–H groups in total. The number of aromatic nitrogens is 2. The van der Waals surface area contributed by atoms with Crippen molar-refractivity contribution >= 4 is 34.8 Å². The number of nitrogens with zero attached hydrogens (tertiary/aromatic N) is 2. The van der Waals surface area contributed by atoms with E-state index in [1.807, 2.05) is 31.2 Å². The Balaban J connectivity index is 1.80. The number of hydrogen-bond acceptors (Lipinski definition) is 4. The first kappa shape index (κ1) is 24.2. The van der Waals surface area contributed by atoms with E-state index < -0.39 is 17.2 Å². The molecule has 3 aromatic rings. The van der Waals surface area contributed by atoms with Gasteiger partial charge in [0.15, 0.2) is 0 Å². The number of aryl methyl sites for hydroxylation is 2. The van der Waals surface area contributed by atoms with E-state index in [0.717, 1.165) is 20.3 Å². The zero-order chi connectivity index (χ0) is 24.1. The third-order valence-corrected chi connectivity index (χ3v) is 5.62. The van der Waals surface area contributed by atoms with Crippen LogP contribution in [0.4, 0.5) is 5.69 Å². The third kappa shape index (κ3) is 5.86. The molecule has 0 aliphatic heterocycles. The average molecular weight is 486 g/mol. The molecule has 0 saturated heterocycles. The molecule has 0 radical (unpaired) electrons. The molecule has 0 fully saturated rings. The largest absolute Gasteiger partial charge is 0.506 e. The first-order valence-electron chi connectivity index (χ1n) is 9.99. The molecule has 33 heavy (non-hydrogen) atoms. The monoisotopic (exact) mass is 485 g/mol. The number of hydrogen-bond donors (Lipinski definition) is 2. The van der Waals surface area contributed by atoms with E-state index in [-0.39, 0.29) is 34.6 Å². The van der Waals surface area contributed by atoms with Crippen LogP contribution >= 0.6 is 23.2 Å². The molecule has 7 nitrogen and oxygen atoms in total. The van der Waals surface area contributed by atoms with Crippen molar-refractivity contribution in [3.8, 4) is 17.6 Å². The van der Waals surface area contributed by atoms with E-state index >= 15 is 0 Å². The number of anilines is 1. The predicted molar refractivity (Wildman–Crippen MR) is 129 cm³/mol. The Bertz CT molecular complexity index is 1380. The molecular weight excluding hydrogens is 465 g/mol. The molecule has 9 heteroatoms. The summed E-state index contributed by atoms with van der Waals surface area (Å²) in [5.41, 5.74) is 1.09. The highest BCUT2D eigenvalue weighted by Crippen LogP contribution is 2.23. The van der Waals surface area contributed by atoms with E-state index in [1.165, 1.54) is 19.2 Å². The molecule has 0 aliphatic carbocycles. The molecule has 0 saturated carbocycles. The van der Waals surface area contributed by atoms with Crippen molar-refractivity contribution in [3.05, 3.63) is 90.2 Å². The van der Waals surface area contributed by atoms with Crippen molar-refractivity contribution in [2.75, 3.05) is 5.32 Å². The second-order valence-electron chi connectivity index (χ2n) is 7.40. The minimum Gasteiger partial charge on any atom is -0.506 e. The number of phenolic OH excluding ortho intramolecular Hbond substituents is 1.